The zero-order valence-corrected chi connectivity index (χ0v) is 6.46. The van der Waals surface area contributed by atoms with E-state index in [1.807, 2.05) is 12.1 Å². The van der Waals surface area contributed by atoms with Gasteiger partial charge in [0.15, 0.2) is 0 Å². The highest BCUT2D eigenvalue weighted by atomic mass is 16.3. The third-order valence-corrected chi connectivity index (χ3v) is 2.21. The van der Waals surface area contributed by atoms with Crippen molar-refractivity contribution in [2.24, 2.45) is 0 Å². The van der Waals surface area contributed by atoms with Gasteiger partial charge in [-0.1, -0.05) is 12.1 Å². The van der Waals surface area contributed by atoms with Crippen molar-refractivity contribution in [2.45, 2.75) is 19.5 Å². The fraction of sp³-hybridized carbons (Fsp3) is 0.333. The molecule has 1 heterocycles. The zero-order valence-electron chi connectivity index (χ0n) is 6.46. The standard InChI is InChI=1S/C9H11NO/c1-6-9-7(5-10-6)3-2-4-8(9)11/h2-4,6,10-11H,5H2,1H3/t6-/m1/s1. The normalized spacial score (nSPS) is 21.7. The van der Waals surface area contributed by atoms with Gasteiger partial charge < -0.3 is 10.4 Å². The van der Waals surface area contributed by atoms with Crippen LogP contribution in [0, 0.1) is 0 Å². The quantitative estimate of drug-likeness (QED) is 0.586. The van der Waals surface area contributed by atoms with E-state index in [1.165, 1.54) is 5.56 Å². The summed E-state index contributed by atoms with van der Waals surface area (Å²) in [6, 6.07) is 5.97. The van der Waals surface area contributed by atoms with Crippen LogP contribution >= 0.6 is 0 Å². The largest absolute Gasteiger partial charge is 0.508 e. The average molecular weight is 149 g/mol. The van der Waals surface area contributed by atoms with E-state index in [-0.39, 0.29) is 0 Å². The number of nitrogens with one attached hydrogen (secondary N) is 1. The van der Waals surface area contributed by atoms with Crippen molar-refractivity contribution < 1.29 is 5.11 Å². The van der Waals surface area contributed by atoms with Crippen molar-refractivity contribution in [3.63, 3.8) is 0 Å². The summed E-state index contributed by atoms with van der Waals surface area (Å²) < 4.78 is 0. The Morgan fingerprint density at radius 2 is 2.36 bits per heavy atom. The smallest absolute Gasteiger partial charge is 0.120 e. The van der Waals surface area contributed by atoms with E-state index < -0.39 is 0 Å². The lowest BCUT2D eigenvalue weighted by molar-refractivity contribution is 0.462. The summed E-state index contributed by atoms with van der Waals surface area (Å²) in [6.45, 7) is 2.94. The van der Waals surface area contributed by atoms with Gasteiger partial charge in [0.25, 0.3) is 0 Å². The first kappa shape index (κ1) is 6.68. The number of rotatable bonds is 0. The van der Waals surface area contributed by atoms with E-state index >= 15 is 0 Å². The molecule has 1 atom stereocenters. The van der Waals surface area contributed by atoms with Gasteiger partial charge in [-0.25, -0.2) is 0 Å². The topological polar surface area (TPSA) is 32.3 Å². The van der Waals surface area contributed by atoms with Gasteiger partial charge in [0.1, 0.15) is 5.75 Å². The maximum Gasteiger partial charge on any atom is 0.120 e. The fourth-order valence-electron chi connectivity index (χ4n) is 1.62. The van der Waals surface area contributed by atoms with Crippen LogP contribution in [-0.2, 0) is 6.54 Å². The number of hydrogen-bond acceptors (Lipinski definition) is 2. The molecule has 0 aliphatic carbocycles. The van der Waals surface area contributed by atoms with Crippen molar-refractivity contribution in [2.75, 3.05) is 0 Å². The number of hydrogen-bond donors (Lipinski definition) is 2. The van der Waals surface area contributed by atoms with Gasteiger partial charge >= 0.3 is 0 Å². The SMILES string of the molecule is C[C@H]1NCc2cccc(O)c21. The van der Waals surface area contributed by atoms with Crippen LogP contribution in [0.15, 0.2) is 18.2 Å². The molecule has 1 aliphatic heterocycles. The van der Waals surface area contributed by atoms with Crippen molar-refractivity contribution in [3.8, 4) is 5.75 Å². The van der Waals surface area contributed by atoms with Gasteiger partial charge in [-0.2, -0.15) is 0 Å². The molecule has 0 saturated carbocycles. The predicted molar refractivity (Wildman–Crippen MR) is 43.4 cm³/mol. The molecule has 1 aromatic carbocycles. The molecule has 0 radical (unpaired) electrons. The molecule has 0 fully saturated rings. The summed E-state index contributed by atoms with van der Waals surface area (Å²) in [5, 5.41) is 12.7. The second kappa shape index (κ2) is 2.24. The van der Waals surface area contributed by atoms with Crippen molar-refractivity contribution in [1.82, 2.24) is 5.32 Å². The Balaban J connectivity index is 2.58. The van der Waals surface area contributed by atoms with Crippen LogP contribution in [0.25, 0.3) is 0 Å². The highest BCUT2D eigenvalue weighted by Gasteiger charge is 2.20. The summed E-state index contributed by atoms with van der Waals surface area (Å²) >= 11 is 0. The Kier molecular flexibility index (Phi) is 1.36. The minimum atomic E-state index is 0.297. The van der Waals surface area contributed by atoms with Gasteiger partial charge in [-0.05, 0) is 18.6 Å². The number of fused-ring (bicyclic) bond motifs is 1. The van der Waals surface area contributed by atoms with Crippen LogP contribution in [0.5, 0.6) is 5.75 Å². The minimum Gasteiger partial charge on any atom is -0.508 e. The van der Waals surface area contributed by atoms with Gasteiger partial charge in [-0.15, -0.1) is 0 Å². The van der Waals surface area contributed by atoms with Crippen LogP contribution in [0.2, 0.25) is 0 Å². The van der Waals surface area contributed by atoms with Gasteiger partial charge in [-0.3, -0.25) is 0 Å². The second-order valence-corrected chi connectivity index (χ2v) is 2.95. The Hall–Kier alpha value is -1.02. The van der Waals surface area contributed by atoms with Crippen LogP contribution in [0.4, 0.5) is 0 Å². The number of phenols is 1. The van der Waals surface area contributed by atoms with E-state index in [9.17, 15) is 5.11 Å². The molecule has 58 valence electrons. The predicted octanol–water partition coefficient (Wildman–Crippen LogP) is 1.56. The number of benzene rings is 1. The van der Waals surface area contributed by atoms with E-state index in [2.05, 4.69) is 12.2 Å². The summed E-state index contributed by atoms with van der Waals surface area (Å²) in [7, 11) is 0. The molecule has 1 aromatic rings. The van der Waals surface area contributed by atoms with Gasteiger partial charge in [0.05, 0.1) is 0 Å². The summed E-state index contributed by atoms with van der Waals surface area (Å²) in [6.07, 6.45) is 0. The Bertz CT molecular complexity index is 283. The van der Waals surface area contributed by atoms with Crippen LogP contribution in [0.1, 0.15) is 24.1 Å². The van der Waals surface area contributed by atoms with E-state index in [0.717, 1.165) is 12.1 Å². The van der Waals surface area contributed by atoms with E-state index in [0.29, 0.717) is 11.8 Å². The second-order valence-electron chi connectivity index (χ2n) is 2.95. The molecular weight excluding hydrogens is 138 g/mol. The number of aromatic hydroxyl groups is 1. The van der Waals surface area contributed by atoms with Crippen molar-refractivity contribution in [3.05, 3.63) is 29.3 Å². The third-order valence-electron chi connectivity index (χ3n) is 2.21. The molecule has 0 aromatic heterocycles. The van der Waals surface area contributed by atoms with Gasteiger partial charge in [0, 0.05) is 18.2 Å². The molecule has 0 bridgehead atoms. The summed E-state index contributed by atoms with van der Waals surface area (Å²) in [4.78, 5) is 0. The van der Waals surface area contributed by atoms with Crippen LogP contribution in [-0.4, -0.2) is 5.11 Å². The van der Waals surface area contributed by atoms with E-state index in [4.69, 9.17) is 0 Å². The molecule has 0 unspecified atom stereocenters. The molecule has 0 spiro atoms. The molecule has 11 heavy (non-hydrogen) atoms. The molecule has 1 aliphatic rings. The summed E-state index contributed by atoms with van der Waals surface area (Å²) in [5.74, 6) is 0.417. The fourth-order valence-corrected chi connectivity index (χ4v) is 1.62. The highest BCUT2D eigenvalue weighted by Crippen LogP contribution is 2.31. The first-order chi connectivity index (χ1) is 5.29. The Morgan fingerprint density at radius 3 is 3.09 bits per heavy atom. The molecule has 2 heteroatoms. The van der Waals surface area contributed by atoms with E-state index in [1.54, 1.807) is 6.07 Å². The lowest BCUT2D eigenvalue weighted by Gasteiger charge is -2.05. The molecule has 2 rings (SSSR count). The lowest BCUT2D eigenvalue weighted by atomic mass is 10.1. The lowest BCUT2D eigenvalue weighted by Crippen LogP contribution is -2.07. The average Bonchev–Trinajstić information content (AvgIpc) is 2.34. The number of phenolic OH excluding ortho intramolecular Hbond substituents is 1. The first-order valence-electron chi connectivity index (χ1n) is 3.83. The van der Waals surface area contributed by atoms with Gasteiger partial charge in [0.2, 0.25) is 0 Å². The maximum absolute atomic E-state index is 9.46. The monoisotopic (exact) mass is 149 g/mol. The maximum atomic E-state index is 9.46. The molecule has 0 saturated heterocycles. The minimum absolute atomic E-state index is 0.297. The molecule has 2 N–H and O–H groups in total. The third kappa shape index (κ3) is 0.906. The summed E-state index contributed by atoms with van der Waals surface area (Å²) in [5.41, 5.74) is 2.28. The molecule has 0 amide bonds. The first-order valence-corrected chi connectivity index (χ1v) is 3.83. The van der Waals surface area contributed by atoms with Crippen molar-refractivity contribution in [1.29, 1.82) is 0 Å². The van der Waals surface area contributed by atoms with Crippen LogP contribution in [0.3, 0.4) is 0 Å². The Labute approximate surface area is 65.9 Å². The zero-order chi connectivity index (χ0) is 7.84. The Morgan fingerprint density at radius 1 is 1.55 bits per heavy atom. The molecular formula is C9H11NO. The molecule has 2 nitrogen and oxygen atoms in total. The highest BCUT2D eigenvalue weighted by molar-refractivity contribution is 5.43. The van der Waals surface area contributed by atoms with Crippen LogP contribution < -0.4 is 5.32 Å². The van der Waals surface area contributed by atoms with Crippen molar-refractivity contribution >= 4 is 0 Å².